The predicted octanol–water partition coefficient (Wildman–Crippen LogP) is 3.33. The van der Waals surface area contributed by atoms with Gasteiger partial charge in [-0.15, -0.1) is 0 Å². The summed E-state index contributed by atoms with van der Waals surface area (Å²) in [5, 5.41) is 0. The lowest BCUT2D eigenvalue weighted by molar-refractivity contribution is 0.0525. The van der Waals surface area contributed by atoms with Gasteiger partial charge in [-0.05, 0) is 58.9 Å². The van der Waals surface area contributed by atoms with Crippen molar-refractivity contribution in [2.24, 2.45) is 0 Å². The second-order valence-corrected chi connectivity index (χ2v) is 6.25. The summed E-state index contributed by atoms with van der Waals surface area (Å²) in [6.45, 7) is 7.58. The quantitative estimate of drug-likeness (QED) is 0.785. The summed E-state index contributed by atoms with van der Waals surface area (Å²) in [6.07, 6.45) is 4.77. The van der Waals surface area contributed by atoms with Gasteiger partial charge in [-0.3, -0.25) is 4.57 Å². The number of carbonyl (C=O) groups excluding carboxylic acids is 2. The average Bonchev–Trinajstić information content (AvgIpc) is 2.76. The van der Waals surface area contributed by atoms with Crippen molar-refractivity contribution in [3.8, 4) is 0 Å². The van der Waals surface area contributed by atoms with Gasteiger partial charge in [0.1, 0.15) is 5.60 Å². The largest absolute Gasteiger partial charge is 0.462 e. The molecular weight excluding hydrogens is 270 g/mol. The Morgan fingerprint density at radius 1 is 1.24 bits per heavy atom. The highest BCUT2D eigenvalue weighted by atomic mass is 16.6. The number of carbonyl (C=O) groups is 2. The summed E-state index contributed by atoms with van der Waals surface area (Å²) < 4.78 is 12.0. The fourth-order valence-corrected chi connectivity index (χ4v) is 2.59. The molecule has 0 bridgehead atoms. The minimum Gasteiger partial charge on any atom is -0.462 e. The van der Waals surface area contributed by atoms with E-state index in [1.54, 1.807) is 13.1 Å². The molecule has 1 heterocycles. The van der Waals surface area contributed by atoms with Gasteiger partial charge in [-0.2, -0.15) is 0 Å². The molecule has 0 fully saturated rings. The zero-order chi connectivity index (χ0) is 15.6. The van der Waals surface area contributed by atoms with Gasteiger partial charge >= 0.3 is 12.1 Å². The van der Waals surface area contributed by atoms with Gasteiger partial charge in [-0.1, -0.05) is 0 Å². The molecule has 0 saturated heterocycles. The van der Waals surface area contributed by atoms with E-state index in [4.69, 9.17) is 9.47 Å². The Labute approximate surface area is 125 Å². The number of fused-ring (bicyclic) bond motifs is 1. The van der Waals surface area contributed by atoms with Crippen LogP contribution in [0, 0.1) is 0 Å². The molecule has 0 aromatic carbocycles. The van der Waals surface area contributed by atoms with Gasteiger partial charge in [0.15, 0.2) is 0 Å². The number of aromatic nitrogens is 1. The summed E-state index contributed by atoms with van der Waals surface area (Å²) in [5.74, 6) is -0.363. The molecule has 0 spiro atoms. The summed E-state index contributed by atoms with van der Waals surface area (Å²) in [7, 11) is 0. The van der Waals surface area contributed by atoms with Crippen LogP contribution < -0.4 is 0 Å². The Kier molecular flexibility index (Phi) is 4.40. The van der Waals surface area contributed by atoms with Gasteiger partial charge < -0.3 is 9.47 Å². The van der Waals surface area contributed by atoms with Crippen molar-refractivity contribution >= 4 is 12.1 Å². The first-order chi connectivity index (χ1) is 9.83. The highest BCUT2D eigenvalue weighted by molar-refractivity contribution is 5.93. The lowest BCUT2D eigenvalue weighted by Gasteiger charge is -2.21. The minimum atomic E-state index is -0.563. The molecule has 2 rings (SSSR count). The predicted molar refractivity (Wildman–Crippen MR) is 78.7 cm³/mol. The molecule has 5 nitrogen and oxygen atoms in total. The molecule has 0 aliphatic heterocycles. The monoisotopic (exact) mass is 293 g/mol. The van der Waals surface area contributed by atoms with E-state index in [0.717, 1.165) is 36.9 Å². The van der Waals surface area contributed by atoms with Crippen molar-refractivity contribution in [3.05, 3.63) is 23.0 Å². The Balaban J connectivity index is 2.38. The Morgan fingerprint density at radius 3 is 2.52 bits per heavy atom. The van der Waals surface area contributed by atoms with E-state index in [0.29, 0.717) is 12.2 Å². The third kappa shape index (κ3) is 3.46. The molecule has 1 aromatic heterocycles. The molecule has 0 unspecified atom stereocenters. The van der Waals surface area contributed by atoms with E-state index in [-0.39, 0.29) is 5.97 Å². The molecule has 116 valence electrons. The number of nitrogens with zero attached hydrogens (tertiary/aromatic N) is 1. The first-order valence-corrected chi connectivity index (χ1v) is 7.47. The topological polar surface area (TPSA) is 57.5 Å². The number of ether oxygens (including phenoxy) is 2. The lowest BCUT2D eigenvalue weighted by atomic mass is 9.95. The van der Waals surface area contributed by atoms with Gasteiger partial charge in [0.05, 0.1) is 12.2 Å². The van der Waals surface area contributed by atoms with Crippen LogP contribution in [0.1, 0.15) is 62.2 Å². The van der Waals surface area contributed by atoms with Crippen molar-refractivity contribution in [2.45, 2.75) is 59.0 Å². The molecule has 0 amide bonds. The SMILES string of the molecule is CCOC(=O)c1cn(C(=O)OC(C)(C)C)c2c1CCCC2. The van der Waals surface area contributed by atoms with E-state index in [9.17, 15) is 9.59 Å². The highest BCUT2D eigenvalue weighted by Gasteiger charge is 2.28. The molecule has 1 aliphatic carbocycles. The van der Waals surface area contributed by atoms with Crippen LogP contribution >= 0.6 is 0 Å². The molecule has 0 atom stereocenters. The second-order valence-electron chi connectivity index (χ2n) is 6.25. The van der Waals surface area contributed by atoms with E-state index in [2.05, 4.69) is 0 Å². The molecule has 0 saturated carbocycles. The van der Waals surface area contributed by atoms with Gasteiger partial charge in [0, 0.05) is 11.9 Å². The second kappa shape index (κ2) is 5.92. The molecule has 0 N–H and O–H groups in total. The lowest BCUT2D eigenvalue weighted by Crippen LogP contribution is -2.28. The van der Waals surface area contributed by atoms with E-state index < -0.39 is 11.7 Å². The number of rotatable bonds is 2. The number of esters is 1. The van der Waals surface area contributed by atoms with Crippen LogP contribution in [0.2, 0.25) is 0 Å². The zero-order valence-corrected chi connectivity index (χ0v) is 13.2. The standard InChI is InChI=1S/C16H23NO4/c1-5-20-14(18)12-10-17(15(19)21-16(2,3)4)13-9-7-6-8-11(12)13/h10H,5-9H2,1-4H3. The maximum absolute atomic E-state index is 12.3. The van der Waals surface area contributed by atoms with Crippen LogP contribution in [-0.2, 0) is 22.3 Å². The summed E-state index contributed by atoms with van der Waals surface area (Å²) in [4.78, 5) is 24.4. The zero-order valence-electron chi connectivity index (χ0n) is 13.2. The van der Waals surface area contributed by atoms with Crippen LogP contribution in [0.4, 0.5) is 4.79 Å². The number of hydrogen-bond acceptors (Lipinski definition) is 4. The fraction of sp³-hybridized carbons (Fsp3) is 0.625. The van der Waals surface area contributed by atoms with Crippen molar-refractivity contribution in [2.75, 3.05) is 6.61 Å². The molecule has 21 heavy (non-hydrogen) atoms. The van der Waals surface area contributed by atoms with Crippen LogP contribution in [0.15, 0.2) is 6.20 Å². The van der Waals surface area contributed by atoms with Gasteiger partial charge in [0.25, 0.3) is 0 Å². The van der Waals surface area contributed by atoms with Crippen LogP contribution in [0.3, 0.4) is 0 Å². The summed E-state index contributed by atoms with van der Waals surface area (Å²) in [5.41, 5.74) is 1.76. The first-order valence-electron chi connectivity index (χ1n) is 7.47. The molecule has 1 aliphatic rings. The minimum absolute atomic E-state index is 0.325. The van der Waals surface area contributed by atoms with E-state index >= 15 is 0 Å². The molecular formula is C16H23NO4. The summed E-state index contributed by atoms with van der Waals surface area (Å²) in [6, 6.07) is 0. The molecule has 0 radical (unpaired) electrons. The van der Waals surface area contributed by atoms with Crippen LogP contribution in [-0.4, -0.2) is 28.8 Å². The Hall–Kier alpha value is -1.78. The fourth-order valence-electron chi connectivity index (χ4n) is 2.59. The van der Waals surface area contributed by atoms with Crippen LogP contribution in [0.25, 0.3) is 0 Å². The third-order valence-electron chi connectivity index (χ3n) is 3.40. The maximum atomic E-state index is 12.3. The van der Waals surface area contributed by atoms with Crippen molar-refractivity contribution in [1.29, 1.82) is 0 Å². The van der Waals surface area contributed by atoms with E-state index in [1.165, 1.54) is 4.57 Å². The smallest absolute Gasteiger partial charge is 0.418 e. The van der Waals surface area contributed by atoms with Gasteiger partial charge in [-0.25, -0.2) is 9.59 Å². The van der Waals surface area contributed by atoms with Crippen molar-refractivity contribution in [3.63, 3.8) is 0 Å². The van der Waals surface area contributed by atoms with Crippen molar-refractivity contribution < 1.29 is 19.1 Å². The number of hydrogen-bond donors (Lipinski definition) is 0. The normalized spacial score (nSPS) is 14.5. The Bertz CT molecular complexity index is 551. The van der Waals surface area contributed by atoms with E-state index in [1.807, 2.05) is 20.8 Å². The summed E-state index contributed by atoms with van der Waals surface area (Å²) >= 11 is 0. The molecule has 5 heteroatoms. The van der Waals surface area contributed by atoms with Gasteiger partial charge in [0.2, 0.25) is 0 Å². The molecule has 1 aromatic rings. The van der Waals surface area contributed by atoms with Crippen LogP contribution in [0.5, 0.6) is 0 Å². The highest BCUT2D eigenvalue weighted by Crippen LogP contribution is 2.28. The third-order valence-corrected chi connectivity index (χ3v) is 3.40. The Morgan fingerprint density at radius 2 is 1.90 bits per heavy atom. The first kappa shape index (κ1) is 15.6. The maximum Gasteiger partial charge on any atom is 0.418 e. The van der Waals surface area contributed by atoms with Crippen molar-refractivity contribution in [1.82, 2.24) is 4.57 Å². The average molecular weight is 293 g/mol.